The standard InChI is InChI=1S/C21H20N2O4S/c1-2-27-21(24)18-12-13-22-19(14-18)15-23(28(25)26)20-10-8-17(9-11-20)16-6-4-3-5-7-16/h3-14H,2,15H2,1H3,(H,25,26)/p-1. The highest BCUT2D eigenvalue weighted by atomic mass is 32.2. The molecule has 0 bridgehead atoms. The van der Waals surface area contributed by atoms with E-state index in [0.717, 1.165) is 11.1 Å². The van der Waals surface area contributed by atoms with E-state index < -0.39 is 17.2 Å². The minimum atomic E-state index is -2.50. The second-order valence-electron chi connectivity index (χ2n) is 5.92. The first-order valence-electron chi connectivity index (χ1n) is 8.73. The smallest absolute Gasteiger partial charge is 0.338 e. The zero-order chi connectivity index (χ0) is 19.9. The van der Waals surface area contributed by atoms with Gasteiger partial charge in [0.25, 0.3) is 0 Å². The summed E-state index contributed by atoms with van der Waals surface area (Å²) in [4.78, 5) is 16.0. The summed E-state index contributed by atoms with van der Waals surface area (Å²) in [6.45, 7) is 2.00. The maximum Gasteiger partial charge on any atom is 0.338 e. The molecule has 1 atom stereocenters. The van der Waals surface area contributed by atoms with E-state index in [4.69, 9.17) is 4.74 Å². The molecular weight excluding hydrogens is 376 g/mol. The molecule has 0 amide bonds. The molecule has 1 aromatic heterocycles. The predicted octanol–water partition coefficient (Wildman–Crippen LogP) is 3.73. The van der Waals surface area contributed by atoms with E-state index in [1.165, 1.54) is 22.6 Å². The molecule has 7 heteroatoms. The Morgan fingerprint density at radius 2 is 1.75 bits per heavy atom. The Hall–Kier alpha value is -3.03. The van der Waals surface area contributed by atoms with Crippen LogP contribution in [0.5, 0.6) is 0 Å². The monoisotopic (exact) mass is 395 g/mol. The molecule has 0 saturated heterocycles. The summed E-state index contributed by atoms with van der Waals surface area (Å²) in [7, 11) is 0. The van der Waals surface area contributed by atoms with Gasteiger partial charge in [0.15, 0.2) is 0 Å². The van der Waals surface area contributed by atoms with Crippen molar-refractivity contribution < 1.29 is 18.3 Å². The number of pyridine rings is 1. The van der Waals surface area contributed by atoms with Crippen molar-refractivity contribution in [1.82, 2.24) is 4.98 Å². The zero-order valence-electron chi connectivity index (χ0n) is 15.3. The molecule has 0 spiro atoms. The summed E-state index contributed by atoms with van der Waals surface area (Å²) in [6.07, 6.45) is 1.46. The topological polar surface area (TPSA) is 82.6 Å². The van der Waals surface area contributed by atoms with Gasteiger partial charge in [0, 0.05) is 23.2 Å². The molecule has 3 aromatic rings. The van der Waals surface area contributed by atoms with Crippen molar-refractivity contribution in [3.8, 4) is 11.1 Å². The Kier molecular flexibility index (Phi) is 6.52. The molecule has 28 heavy (non-hydrogen) atoms. The average Bonchev–Trinajstić information content (AvgIpc) is 2.73. The lowest BCUT2D eigenvalue weighted by atomic mass is 10.1. The molecule has 3 rings (SSSR count). The van der Waals surface area contributed by atoms with Gasteiger partial charge < -0.3 is 9.29 Å². The van der Waals surface area contributed by atoms with Gasteiger partial charge in [0.05, 0.1) is 24.4 Å². The van der Waals surface area contributed by atoms with E-state index >= 15 is 0 Å². The van der Waals surface area contributed by atoms with Gasteiger partial charge in [0.1, 0.15) is 0 Å². The van der Waals surface area contributed by atoms with Crippen molar-refractivity contribution in [3.05, 3.63) is 84.2 Å². The lowest BCUT2D eigenvalue weighted by Crippen LogP contribution is -2.25. The van der Waals surface area contributed by atoms with E-state index in [2.05, 4.69) is 4.98 Å². The van der Waals surface area contributed by atoms with E-state index in [0.29, 0.717) is 16.9 Å². The quantitative estimate of drug-likeness (QED) is 0.450. The van der Waals surface area contributed by atoms with Crippen LogP contribution in [0.3, 0.4) is 0 Å². The first kappa shape index (κ1) is 19.7. The minimum absolute atomic E-state index is 0.00798. The second-order valence-corrected chi connectivity index (χ2v) is 6.80. The summed E-state index contributed by atoms with van der Waals surface area (Å²) in [5, 5.41) is 0. The fourth-order valence-electron chi connectivity index (χ4n) is 2.73. The highest BCUT2D eigenvalue weighted by Gasteiger charge is 2.13. The summed E-state index contributed by atoms with van der Waals surface area (Å²) >= 11 is -2.50. The van der Waals surface area contributed by atoms with Crippen molar-refractivity contribution in [3.63, 3.8) is 0 Å². The second kappa shape index (κ2) is 9.25. The first-order chi connectivity index (χ1) is 13.6. The van der Waals surface area contributed by atoms with Crippen LogP contribution in [0.4, 0.5) is 5.69 Å². The van der Waals surface area contributed by atoms with Crippen LogP contribution in [0, 0.1) is 0 Å². The molecule has 1 heterocycles. The van der Waals surface area contributed by atoms with Crippen LogP contribution in [-0.2, 0) is 22.5 Å². The zero-order valence-corrected chi connectivity index (χ0v) is 16.1. The number of benzene rings is 2. The number of carbonyl (C=O) groups excluding carboxylic acids is 1. The van der Waals surface area contributed by atoms with Crippen molar-refractivity contribution in [2.24, 2.45) is 0 Å². The van der Waals surface area contributed by atoms with Crippen LogP contribution in [-0.4, -0.2) is 26.3 Å². The van der Waals surface area contributed by atoms with Crippen molar-refractivity contribution in [1.29, 1.82) is 0 Å². The van der Waals surface area contributed by atoms with Crippen LogP contribution in [0.2, 0.25) is 0 Å². The third-order valence-corrected chi connectivity index (χ3v) is 4.78. The molecule has 2 aromatic carbocycles. The van der Waals surface area contributed by atoms with Crippen LogP contribution < -0.4 is 4.31 Å². The Balaban J connectivity index is 1.82. The lowest BCUT2D eigenvalue weighted by Gasteiger charge is -2.26. The number of hydrogen-bond donors (Lipinski definition) is 0. The van der Waals surface area contributed by atoms with Gasteiger partial charge in [-0.05, 0) is 42.3 Å². The third kappa shape index (κ3) is 4.82. The molecule has 1 unspecified atom stereocenters. The largest absolute Gasteiger partial charge is 0.755 e. The molecule has 6 nitrogen and oxygen atoms in total. The number of carbonyl (C=O) groups is 1. The third-order valence-electron chi connectivity index (χ3n) is 4.08. The maximum absolute atomic E-state index is 11.9. The fraction of sp³-hybridized carbons (Fsp3) is 0.143. The van der Waals surface area contributed by atoms with Crippen LogP contribution >= 0.6 is 0 Å². The maximum atomic E-state index is 11.9. The molecule has 0 fully saturated rings. The Labute approximate surface area is 166 Å². The molecule has 0 aliphatic rings. The highest BCUT2D eigenvalue weighted by molar-refractivity contribution is 7.80. The Morgan fingerprint density at radius 1 is 1.07 bits per heavy atom. The molecule has 144 valence electrons. The Bertz CT molecular complexity index is 962. The van der Waals surface area contributed by atoms with Crippen molar-refractivity contribution in [2.45, 2.75) is 13.5 Å². The van der Waals surface area contributed by atoms with Gasteiger partial charge in [-0.1, -0.05) is 42.5 Å². The lowest BCUT2D eigenvalue weighted by molar-refractivity contribution is 0.0526. The molecule has 0 aliphatic heterocycles. The van der Waals surface area contributed by atoms with Gasteiger partial charge in [-0.2, -0.15) is 0 Å². The molecule has 0 N–H and O–H groups in total. The number of esters is 1. The van der Waals surface area contributed by atoms with Gasteiger partial charge in [-0.15, -0.1) is 0 Å². The van der Waals surface area contributed by atoms with Crippen molar-refractivity contribution >= 4 is 22.9 Å². The van der Waals surface area contributed by atoms with Gasteiger partial charge in [0.2, 0.25) is 0 Å². The first-order valence-corrected chi connectivity index (χ1v) is 9.76. The molecule has 0 radical (unpaired) electrons. The van der Waals surface area contributed by atoms with E-state index in [-0.39, 0.29) is 13.2 Å². The summed E-state index contributed by atoms with van der Waals surface area (Å²) in [5.41, 5.74) is 3.33. The number of rotatable bonds is 7. The SMILES string of the molecule is CCOC(=O)c1ccnc(CN(c2ccc(-c3ccccc3)cc2)S(=O)[O-])c1. The van der Waals surface area contributed by atoms with Gasteiger partial charge in [-0.3, -0.25) is 13.5 Å². The number of anilines is 1. The van der Waals surface area contributed by atoms with Crippen LogP contribution in [0.25, 0.3) is 11.1 Å². The van der Waals surface area contributed by atoms with E-state index in [1.807, 2.05) is 42.5 Å². The van der Waals surface area contributed by atoms with Crippen LogP contribution in [0.15, 0.2) is 72.9 Å². The van der Waals surface area contributed by atoms with E-state index in [9.17, 15) is 13.6 Å². The summed E-state index contributed by atoms with van der Waals surface area (Å²) < 4.78 is 29.7. The Morgan fingerprint density at radius 3 is 2.39 bits per heavy atom. The fourth-order valence-corrected chi connectivity index (χ4v) is 3.27. The van der Waals surface area contributed by atoms with Gasteiger partial charge in [-0.25, -0.2) is 4.79 Å². The summed E-state index contributed by atoms with van der Waals surface area (Å²) in [5.74, 6) is -0.465. The van der Waals surface area contributed by atoms with Gasteiger partial charge >= 0.3 is 5.97 Å². The van der Waals surface area contributed by atoms with E-state index in [1.54, 1.807) is 19.1 Å². The number of aromatic nitrogens is 1. The predicted molar refractivity (Wildman–Crippen MR) is 107 cm³/mol. The normalized spacial score (nSPS) is 11.6. The average molecular weight is 395 g/mol. The minimum Gasteiger partial charge on any atom is -0.755 e. The molecule has 0 aliphatic carbocycles. The van der Waals surface area contributed by atoms with Crippen molar-refractivity contribution in [2.75, 3.05) is 10.9 Å². The number of hydrogen-bond acceptors (Lipinski definition) is 5. The van der Waals surface area contributed by atoms with Crippen LogP contribution in [0.1, 0.15) is 23.0 Å². The molecule has 0 saturated carbocycles. The summed E-state index contributed by atoms with van der Waals surface area (Å²) in [6, 6.07) is 20.1. The molecular formula is C21H19N2O4S-. The number of nitrogens with zero attached hydrogens (tertiary/aromatic N) is 2. The highest BCUT2D eigenvalue weighted by Crippen LogP contribution is 2.24. The number of ether oxygens (including phenoxy) is 1.